The van der Waals surface area contributed by atoms with E-state index in [9.17, 15) is 4.79 Å². The second kappa shape index (κ2) is 5.10. The molecule has 0 saturated carbocycles. The minimum absolute atomic E-state index is 0.400. The van der Waals surface area contributed by atoms with Crippen LogP contribution in [0.2, 0.25) is 5.02 Å². The van der Waals surface area contributed by atoms with E-state index in [-0.39, 0.29) is 0 Å². The van der Waals surface area contributed by atoms with E-state index in [1.54, 1.807) is 37.4 Å². The number of aromatic nitrogens is 3. The highest BCUT2D eigenvalue weighted by Gasteiger charge is 2.13. The van der Waals surface area contributed by atoms with Crippen molar-refractivity contribution in [3.63, 3.8) is 0 Å². The SMILES string of the molecule is CNc1nc(=O)n(-c2ccc3ncoc3c2)c2cc(Cl)ccc12. The van der Waals surface area contributed by atoms with E-state index in [0.717, 1.165) is 10.9 Å². The molecule has 0 saturated heterocycles. The van der Waals surface area contributed by atoms with Crippen molar-refractivity contribution in [1.29, 1.82) is 0 Å². The van der Waals surface area contributed by atoms with Gasteiger partial charge in [-0.05, 0) is 30.3 Å². The van der Waals surface area contributed by atoms with Crippen LogP contribution in [0, 0.1) is 0 Å². The van der Waals surface area contributed by atoms with E-state index in [2.05, 4.69) is 15.3 Å². The summed E-state index contributed by atoms with van der Waals surface area (Å²) in [6.07, 6.45) is 1.37. The number of nitrogens with zero attached hydrogens (tertiary/aromatic N) is 3. The molecule has 4 rings (SSSR count). The zero-order chi connectivity index (χ0) is 16.0. The van der Waals surface area contributed by atoms with Crippen molar-refractivity contribution in [1.82, 2.24) is 14.5 Å². The molecule has 2 aromatic carbocycles. The van der Waals surface area contributed by atoms with Gasteiger partial charge < -0.3 is 9.73 Å². The molecule has 0 unspecified atom stereocenters. The third-order valence-electron chi connectivity index (χ3n) is 3.66. The van der Waals surface area contributed by atoms with E-state index < -0.39 is 5.69 Å². The van der Waals surface area contributed by atoms with Crippen LogP contribution >= 0.6 is 11.6 Å². The Morgan fingerprint density at radius 1 is 1.22 bits per heavy atom. The molecule has 114 valence electrons. The van der Waals surface area contributed by atoms with Gasteiger partial charge in [-0.2, -0.15) is 4.98 Å². The number of oxazole rings is 1. The fraction of sp³-hybridized carbons (Fsp3) is 0.0625. The van der Waals surface area contributed by atoms with Gasteiger partial charge in [-0.15, -0.1) is 0 Å². The second-order valence-electron chi connectivity index (χ2n) is 4.99. The molecule has 1 N–H and O–H groups in total. The first-order valence-electron chi connectivity index (χ1n) is 6.91. The number of halogens is 1. The molecule has 0 aliphatic carbocycles. The van der Waals surface area contributed by atoms with Crippen LogP contribution in [0.3, 0.4) is 0 Å². The molecule has 0 aliphatic rings. The Hall–Kier alpha value is -2.86. The Balaban J connectivity index is 2.11. The quantitative estimate of drug-likeness (QED) is 0.612. The van der Waals surface area contributed by atoms with Crippen molar-refractivity contribution in [3.8, 4) is 5.69 Å². The van der Waals surface area contributed by atoms with Crippen LogP contribution in [0.1, 0.15) is 0 Å². The number of fused-ring (bicyclic) bond motifs is 2. The minimum atomic E-state index is -0.400. The zero-order valence-corrected chi connectivity index (χ0v) is 12.8. The van der Waals surface area contributed by atoms with E-state index in [0.29, 0.717) is 27.6 Å². The number of hydrogen-bond acceptors (Lipinski definition) is 5. The van der Waals surface area contributed by atoms with Crippen LogP contribution in [-0.4, -0.2) is 21.6 Å². The summed E-state index contributed by atoms with van der Waals surface area (Å²) < 4.78 is 6.82. The third-order valence-corrected chi connectivity index (χ3v) is 3.90. The van der Waals surface area contributed by atoms with Gasteiger partial charge in [0.25, 0.3) is 0 Å². The standard InChI is InChI=1S/C16H11ClN4O2/c1-18-15-11-4-2-9(17)6-13(11)21(16(22)20-15)10-3-5-12-14(7-10)23-8-19-12/h2-8H,1H3,(H,18,20,22). The molecule has 6 nitrogen and oxygen atoms in total. The Labute approximate surface area is 135 Å². The van der Waals surface area contributed by atoms with Gasteiger partial charge in [-0.25, -0.2) is 9.78 Å². The van der Waals surface area contributed by atoms with Crippen LogP contribution in [0.4, 0.5) is 5.82 Å². The molecule has 0 atom stereocenters. The fourth-order valence-electron chi connectivity index (χ4n) is 2.62. The maximum absolute atomic E-state index is 12.5. The van der Waals surface area contributed by atoms with Gasteiger partial charge in [0.1, 0.15) is 11.3 Å². The summed E-state index contributed by atoms with van der Waals surface area (Å²) in [7, 11) is 1.72. The van der Waals surface area contributed by atoms with E-state index >= 15 is 0 Å². The molecule has 7 heteroatoms. The molecule has 0 bridgehead atoms. The second-order valence-corrected chi connectivity index (χ2v) is 5.43. The lowest BCUT2D eigenvalue weighted by atomic mass is 10.2. The lowest BCUT2D eigenvalue weighted by molar-refractivity contribution is 0.602. The fourth-order valence-corrected chi connectivity index (χ4v) is 2.79. The molecule has 2 heterocycles. The maximum atomic E-state index is 12.5. The summed E-state index contributed by atoms with van der Waals surface area (Å²) in [6, 6.07) is 10.7. The summed E-state index contributed by atoms with van der Waals surface area (Å²) in [5.74, 6) is 0.513. The number of hydrogen-bond donors (Lipinski definition) is 1. The van der Waals surface area contributed by atoms with Gasteiger partial charge in [0, 0.05) is 23.5 Å². The van der Waals surface area contributed by atoms with Crippen LogP contribution < -0.4 is 11.0 Å². The van der Waals surface area contributed by atoms with Crippen LogP contribution in [0.5, 0.6) is 0 Å². The van der Waals surface area contributed by atoms with Gasteiger partial charge in [0.15, 0.2) is 12.0 Å². The molecule has 23 heavy (non-hydrogen) atoms. The first-order chi connectivity index (χ1) is 11.2. The summed E-state index contributed by atoms with van der Waals surface area (Å²) in [5, 5.41) is 4.28. The summed E-state index contributed by atoms with van der Waals surface area (Å²) in [5.41, 5.74) is 2.23. The molecule has 0 amide bonds. The molecule has 4 aromatic rings. The summed E-state index contributed by atoms with van der Waals surface area (Å²) in [6.45, 7) is 0. The van der Waals surface area contributed by atoms with Crippen molar-refractivity contribution in [2.75, 3.05) is 12.4 Å². The van der Waals surface area contributed by atoms with Crippen LogP contribution in [-0.2, 0) is 0 Å². The van der Waals surface area contributed by atoms with Gasteiger partial charge >= 0.3 is 5.69 Å². The van der Waals surface area contributed by atoms with E-state index in [1.165, 1.54) is 11.0 Å². The molecule has 0 radical (unpaired) electrons. The van der Waals surface area contributed by atoms with Crippen molar-refractivity contribution in [2.24, 2.45) is 0 Å². The lowest BCUT2D eigenvalue weighted by Crippen LogP contribution is -2.23. The average Bonchev–Trinajstić information content (AvgIpc) is 3.01. The molecule has 0 spiro atoms. The van der Waals surface area contributed by atoms with Gasteiger partial charge in [0.2, 0.25) is 0 Å². The van der Waals surface area contributed by atoms with Gasteiger partial charge in [-0.1, -0.05) is 11.6 Å². The zero-order valence-electron chi connectivity index (χ0n) is 12.1. The predicted octanol–water partition coefficient (Wildman–Crippen LogP) is 3.22. The maximum Gasteiger partial charge on any atom is 0.354 e. The van der Waals surface area contributed by atoms with Crippen molar-refractivity contribution < 1.29 is 4.42 Å². The van der Waals surface area contributed by atoms with Crippen molar-refractivity contribution in [3.05, 3.63) is 58.3 Å². The van der Waals surface area contributed by atoms with E-state index in [1.807, 2.05) is 6.07 Å². The van der Waals surface area contributed by atoms with Crippen molar-refractivity contribution in [2.45, 2.75) is 0 Å². The summed E-state index contributed by atoms with van der Waals surface area (Å²) >= 11 is 6.12. The largest absolute Gasteiger partial charge is 0.443 e. The monoisotopic (exact) mass is 326 g/mol. The Kier molecular flexibility index (Phi) is 3.06. The topological polar surface area (TPSA) is 73.0 Å². The van der Waals surface area contributed by atoms with Crippen LogP contribution in [0.15, 0.2) is 52.0 Å². The first-order valence-corrected chi connectivity index (χ1v) is 7.29. The average molecular weight is 327 g/mol. The smallest absolute Gasteiger partial charge is 0.354 e. The number of benzene rings is 2. The molecule has 0 aliphatic heterocycles. The molecule has 2 aromatic heterocycles. The number of anilines is 1. The molecular formula is C16H11ClN4O2. The number of rotatable bonds is 2. The Morgan fingerprint density at radius 3 is 2.91 bits per heavy atom. The normalized spacial score (nSPS) is 11.2. The highest BCUT2D eigenvalue weighted by Crippen LogP contribution is 2.26. The highest BCUT2D eigenvalue weighted by atomic mass is 35.5. The number of nitrogens with one attached hydrogen (secondary N) is 1. The van der Waals surface area contributed by atoms with Gasteiger partial charge in [-0.3, -0.25) is 4.57 Å². The molecular weight excluding hydrogens is 316 g/mol. The third kappa shape index (κ3) is 2.15. The highest BCUT2D eigenvalue weighted by molar-refractivity contribution is 6.31. The predicted molar refractivity (Wildman–Crippen MR) is 89.5 cm³/mol. The minimum Gasteiger partial charge on any atom is -0.443 e. The van der Waals surface area contributed by atoms with Gasteiger partial charge in [0.05, 0.1) is 11.2 Å². The lowest BCUT2D eigenvalue weighted by Gasteiger charge is -2.12. The Bertz CT molecular complexity index is 1100. The van der Waals surface area contributed by atoms with E-state index in [4.69, 9.17) is 16.0 Å². The Morgan fingerprint density at radius 2 is 2.09 bits per heavy atom. The molecule has 0 fully saturated rings. The first kappa shape index (κ1) is 13.8. The van der Waals surface area contributed by atoms with Crippen molar-refractivity contribution >= 4 is 39.4 Å². The van der Waals surface area contributed by atoms with Crippen LogP contribution in [0.25, 0.3) is 27.7 Å². The summed E-state index contributed by atoms with van der Waals surface area (Å²) in [4.78, 5) is 20.7.